The van der Waals surface area contributed by atoms with Gasteiger partial charge in [-0.3, -0.25) is 4.79 Å². The van der Waals surface area contributed by atoms with Gasteiger partial charge in [0.25, 0.3) is 0 Å². The molecule has 0 N–H and O–H groups in total. The van der Waals surface area contributed by atoms with Crippen LogP contribution >= 0.6 is 20.2 Å². The molecule has 22 heavy (non-hydrogen) atoms. The van der Waals surface area contributed by atoms with Crippen LogP contribution in [0.1, 0.15) is 17.3 Å². The first-order valence-electron chi connectivity index (χ1n) is 6.52. The van der Waals surface area contributed by atoms with Gasteiger partial charge in [0.15, 0.2) is 5.52 Å². The van der Waals surface area contributed by atoms with Crippen LogP contribution in [0, 0.1) is 0 Å². The standard InChI is InChI=1S/C16H16ClO3P.Li/c1-3-20-11-7-9-12(10-8-11)21-16(18)15-13(17)5-4-6-14(15)19-2;/h4-10,21H,3H2,1-2H3;. The van der Waals surface area contributed by atoms with Crippen molar-refractivity contribution >= 4 is 49.9 Å². The molecule has 1 atom stereocenters. The van der Waals surface area contributed by atoms with Crippen LogP contribution in [0.3, 0.4) is 0 Å². The number of rotatable bonds is 6. The van der Waals surface area contributed by atoms with E-state index in [9.17, 15) is 4.79 Å². The van der Waals surface area contributed by atoms with E-state index in [0.29, 0.717) is 22.9 Å². The van der Waals surface area contributed by atoms with Crippen molar-refractivity contribution in [1.29, 1.82) is 0 Å². The number of methoxy groups -OCH3 is 1. The van der Waals surface area contributed by atoms with Crippen LogP contribution in [-0.4, -0.2) is 38.1 Å². The zero-order chi connectivity index (χ0) is 15.2. The van der Waals surface area contributed by atoms with Crippen molar-refractivity contribution in [3.8, 4) is 11.5 Å². The van der Waals surface area contributed by atoms with E-state index in [0.717, 1.165) is 11.1 Å². The van der Waals surface area contributed by atoms with Crippen LogP contribution in [-0.2, 0) is 0 Å². The topological polar surface area (TPSA) is 35.5 Å². The summed E-state index contributed by atoms with van der Waals surface area (Å²) in [7, 11) is 1.52. The van der Waals surface area contributed by atoms with Crippen LogP contribution < -0.4 is 14.8 Å². The number of carbonyl (C=O) groups excluding carboxylic acids is 1. The van der Waals surface area contributed by atoms with Crippen LogP contribution in [0.15, 0.2) is 42.5 Å². The van der Waals surface area contributed by atoms with Crippen LogP contribution in [0.25, 0.3) is 0 Å². The van der Waals surface area contributed by atoms with Gasteiger partial charge in [-0.25, -0.2) is 0 Å². The minimum absolute atomic E-state index is 0. The Morgan fingerprint density at radius 2 is 1.86 bits per heavy atom. The molecule has 1 unspecified atom stereocenters. The maximum Gasteiger partial charge on any atom is 0.190 e. The minimum atomic E-state index is -0.0402. The zero-order valence-corrected chi connectivity index (χ0v) is 14.6. The molecule has 2 aromatic rings. The van der Waals surface area contributed by atoms with Crippen molar-refractivity contribution in [2.75, 3.05) is 13.7 Å². The molecule has 0 aliphatic carbocycles. The summed E-state index contributed by atoms with van der Waals surface area (Å²) >= 11 is 6.12. The van der Waals surface area contributed by atoms with Crippen LogP contribution in [0.4, 0.5) is 0 Å². The summed E-state index contributed by atoms with van der Waals surface area (Å²) in [5, 5.41) is 1.35. The van der Waals surface area contributed by atoms with Gasteiger partial charge in [0, 0.05) is 18.9 Å². The summed E-state index contributed by atoms with van der Waals surface area (Å²) in [6, 6.07) is 12.7. The quantitative estimate of drug-likeness (QED) is 0.601. The molecule has 2 aromatic carbocycles. The fourth-order valence-corrected chi connectivity index (χ4v) is 3.20. The molecule has 111 valence electrons. The summed E-state index contributed by atoms with van der Waals surface area (Å²) in [6.45, 7) is 2.56. The Morgan fingerprint density at radius 1 is 1.18 bits per heavy atom. The molecule has 0 aliphatic heterocycles. The summed E-state index contributed by atoms with van der Waals surface area (Å²) < 4.78 is 10.6. The Labute approximate surface area is 149 Å². The van der Waals surface area contributed by atoms with Crippen molar-refractivity contribution in [3.05, 3.63) is 53.1 Å². The first-order valence-corrected chi connectivity index (χ1v) is 7.90. The number of ether oxygens (including phenoxy) is 2. The molecule has 0 aromatic heterocycles. The number of carbonyl (C=O) groups is 1. The SMILES string of the molecule is CCOc1ccc(PC(=O)c2c(Cl)cccc2OC)cc1.[Li]. The van der Waals surface area contributed by atoms with Crippen molar-refractivity contribution in [1.82, 2.24) is 0 Å². The molecule has 0 saturated heterocycles. The minimum Gasteiger partial charge on any atom is -0.496 e. The van der Waals surface area contributed by atoms with Crippen molar-refractivity contribution in [2.24, 2.45) is 0 Å². The zero-order valence-electron chi connectivity index (χ0n) is 12.9. The third-order valence-corrected chi connectivity index (χ3v) is 4.26. The van der Waals surface area contributed by atoms with E-state index in [1.807, 2.05) is 31.2 Å². The molecule has 0 saturated carbocycles. The van der Waals surface area contributed by atoms with Gasteiger partial charge in [0.2, 0.25) is 0 Å². The van der Waals surface area contributed by atoms with Gasteiger partial charge in [-0.1, -0.05) is 29.8 Å². The molecular weight excluding hydrogens is 314 g/mol. The molecule has 1 radical (unpaired) electrons. The monoisotopic (exact) mass is 329 g/mol. The Balaban J connectivity index is 0.00000242. The molecule has 3 nitrogen and oxygen atoms in total. The first-order chi connectivity index (χ1) is 10.2. The van der Waals surface area contributed by atoms with Gasteiger partial charge in [-0.15, -0.1) is 0 Å². The Kier molecular flexibility index (Phi) is 8.00. The van der Waals surface area contributed by atoms with Crippen molar-refractivity contribution in [3.63, 3.8) is 0 Å². The smallest absolute Gasteiger partial charge is 0.190 e. The van der Waals surface area contributed by atoms with Gasteiger partial charge in [-0.2, -0.15) is 0 Å². The van der Waals surface area contributed by atoms with Gasteiger partial charge >= 0.3 is 0 Å². The first kappa shape index (κ1) is 19.1. The van der Waals surface area contributed by atoms with Gasteiger partial charge < -0.3 is 9.47 Å². The molecule has 0 spiro atoms. The third-order valence-electron chi connectivity index (χ3n) is 2.85. The Hall–Kier alpha value is -0.973. The van der Waals surface area contributed by atoms with Gasteiger partial charge in [0.1, 0.15) is 11.5 Å². The van der Waals surface area contributed by atoms with Gasteiger partial charge in [-0.05, 0) is 45.1 Å². The molecule has 0 bridgehead atoms. The van der Waals surface area contributed by atoms with E-state index in [1.54, 1.807) is 18.2 Å². The Morgan fingerprint density at radius 3 is 2.45 bits per heavy atom. The van der Waals surface area contributed by atoms with Crippen LogP contribution in [0.2, 0.25) is 5.02 Å². The number of hydrogen-bond acceptors (Lipinski definition) is 3. The van der Waals surface area contributed by atoms with E-state index >= 15 is 0 Å². The summed E-state index contributed by atoms with van der Waals surface area (Å²) in [6.07, 6.45) is 0. The van der Waals surface area contributed by atoms with Gasteiger partial charge in [0.05, 0.1) is 24.3 Å². The fraction of sp³-hybridized carbons (Fsp3) is 0.188. The van der Waals surface area contributed by atoms with Crippen LogP contribution in [0.5, 0.6) is 11.5 Å². The number of hydrogen-bond donors (Lipinski definition) is 0. The predicted molar refractivity (Wildman–Crippen MR) is 93.6 cm³/mol. The average molecular weight is 330 g/mol. The number of benzene rings is 2. The largest absolute Gasteiger partial charge is 0.496 e. The molecule has 2 rings (SSSR count). The second-order valence-corrected chi connectivity index (χ2v) is 5.92. The maximum absolute atomic E-state index is 12.4. The second-order valence-electron chi connectivity index (χ2n) is 4.23. The Bertz CT molecular complexity index is 632. The molecule has 0 aliphatic rings. The van der Waals surface area contributed by atoms with E-state index in [1.165, 1.54) is 7.11 Å². The van der Waals surface area contributed by atoms with Crippen molar-refractivity contribution < 1.29 is 14.3 Å². The maximum atomic E-state index is 12.4. The third kappa shape index (κ3) is 4.76. The van der Waals surface area contributed by atoms with E-state index in [2.05, 4.69) is 0 Å². The molecule has 0 amide bonds. The predicted octanol–water partition coefficient (Wildman–Crippen LogP) is 3.51. The molecule has 0 heterocycles. The van der Waals surface area contributed by atoms with E-state index in [4.69, 9.17) is 21.1 Å². The fourth-order valence-electron chi connectivity index (χ4n) is 1.89. The number of halogens is 1. The summed E-state index contributed by atoms with van der Waals surface area (Å²) in [5.74, 6) is 1.31. The summed E-state index contributed by atoms with van der Waals surface area (Å²) in [4.78, 5) is 12.4. The normalized spacial score (nSPS) is 10.3. The van der Waals surface area contributed by atoms with Crippen molar-refractivity contribution in [2.45, 2.75) is 6.92 Å². The summed E-state index contributed by atoms with van der Waals surface area (Å²) in [5.41, 5.74) is 0.399. The second kappa shape index (κ2) is 9.23. The van der Waals surface area contributed by atoms with E-state index in [-0.39, 0.29) is 33.0 Å². The average Bonchev–Trinajstić information content (AvgIpc) is 2.49. The van der Waals surface area contributed by atoms with E-state index < -0.39 is 0 Å². The molecule has 6 heteroatoms. The molecule has 0 fully saturated rings. The molecular formula is C16H16ClLiO3P.